The summed E-state index contributed by atoms with van der Waals surface area (Å²) < 4.78 is 41.4. The van der Waals surface area contributed by atoms with E-state index in [1.165, 1.54) is 85.9 Å². The quantitative estimate of drug-likeness (QED) is 0.0230. The van der Waals surface area contributed by atoms with Crippen LogP contribution in [0.3, 0.4) is 0 Å². The molecule has 5 N–H and O–H groups in total. The average molecular weight is 1310 g/mol. The molecule has 0 atom stereocenters. The highest BCUT2D eigenvalue weighted by molar-refractivity contribution is 8.00. The molecule has 0 bridgehead atoms. The number of aromatic nitrogens is 7. The number of ether oxygens (including phenoxy) is 1. The Labute approximate surface area is 547 Å². The predicted molar refractivity (Wildman–Crippen MR) is 354 cm³/mol. The number of benzene rings is 3. The van der Waals surface area contributed by atoms with Gasteiger partial charge in [-0.05, 0) is 146 Å². The third kappa shape index (κ3) is 16.6. The second kappa shape index (κ2) is 31.6. The summed E-state index contributed by atoms with van der Waals surface area (Å²) in [5, 5.41) is 15.3. The van der Waals surface area contributed by atoms with Gasteiger partial charge in [0.2, 0.25) is 35.5 Å². The van der Waals surface area contributed by atoms with Crippen LogP contribution in [-0.4, -0.2) is 188 Å². The first-order valence-corrected chi connectivity index (χ1v) is 33.8. The molecular weight excluding hydrogens is 1230 g/mol. The number of anilines is 2. The van der Waals surface area contributed by atoms with E-state index in [0.717, 1.165) is 84.3 Å². The smallest absolute Gasteiger partial charge is 0.325 e. The van der Waals surface area contributed by atoms with Crippen molar-refractivity contribution in [3.05, 3.63) is 89.3 Å². The van der Waals surface area contributed by atoms with Crippen molar-refractivity contribution in [1.29, 1.82) is 0 Å². The Hall–Kier alpha value is -8.27. The van der Waals surface area contributed by atoms with E-state index in [2.05, 4.69) is 64.0 Å². The van der Waals surface area contributed by atoms with Crippen molar-refractivity contribution in [2.24, 2.45) is 17.8 Å². The van der Waals surface area contributed by atoms with Crippen LogP contribution < -0.4 is 21.1 Å². The standard InChI is InChI=1S/C40H56FN9O2S2.C26H25FN6O6/c1-3-25-53-46-32-6-4-5-31(34(32)41)35-36(33-7-16-43-40(42)44-33)54-37(45-35)28-12-21-49(22-13-28)39(52)30-14-23-50(24-15-30)38(51)29-10-19-48(20-11-29)26-27-8-17-47(2)18-9-27;1-15-26-17(18-10-21-16(9-19(18)27)11-30-33(21)24(37)7-4-8-34)5-3-6-20(26)32(31-15)14-23(36)28-12-22(35)29-13-25(38)39-2/h4-7,16,27-30,46H,3,8-15,17-26H2,1-2H3,(H2,42,43,44);3,5-6,8-11H,4,7,12-14H2,1-2H3,(H,28,36)(H,29,35). The van der Waals surface area contributed by atoms with Crippen LogP contribution in [0.1, 0.15) is 99.0 Å². The van der Waals surface area contributed by atoms with Gasteiger partial charge >= 0.3 is 5.97 Å². The average Bonchev–Trinajstić information content (AvgIpc) is 1.66. The minimum atomic E-state index is -0.617. The molecule has 8 heterocycles. The van der Waals surface area contributed by atoms with Gasteiger partial charge in [-0.2, -0.15) is 10.2 Å². The zero-order valence-corrected chi connectivity index (χ0v) is 54.7. The number of likely N-dealkylation sites (tertiary alicyclic amines) is 4. The van der Waals surface area contributed by atoms with Gasteiger partial charge in [0, 0.05) is 97.2 Å². The number of hydrogen-bond acceptors (Lipinski definition) is 19. The minimum absolute atomic E-state index is 0.0244. The Balaban J connectivity index is 0.000000215. The van der Waals surface area contributed by atoms with Crippen molar-refractivity contribution in [3.8, 4) is 33.0 Å². The molecule has 494 valence electrons. The lowest BCUT2D eigenvalue weighted by atomic mass is 9.89. The molecule has 4 aromatic heterocycles. The van der Waals surface area contributed by atoms with Gasteiger partial charge in [-0.25, -0.2) is 28.4 Å². The number of nitrogens with one attached hydrogen (secondary N) is 3. The van der Waals surface area contributed by atoms with Crippen LogP contribution in [0.2, 0.25) is 0 Å². The second-order valence-electron chi connectivity index (χ2n) is 24.3. The van der Waals surface area contributed by atoms with Crippen LogP contribution in [-0.2, 0) is 40.0 Å². The van der Waals surface area contributed by atoms with Gasteiger partial charge in [0.15, 0.2) is 5.82 Å². The maximum atomic E-state index is 16.0. The first-order chi connectivity index (χ1) is 45.0. The van der Waals surface area contributed by atoms with Gasteiger partial charge in [0.1, 0.15) is 25.2 Å². The lowest BCUT2D eigenvalue weighted by molar-refractivity contribution is -0.144. The Bertz CT molecular complexity index is 3830. The number of aryl methyl sites for hydroxylation is 1. The molecule has 4 saturated heterocycles. The molecule has 93 heavy (non-hydrogen) atoms. The number of aldehydes is 1. The molecule has 4 amide bonds. The molecule has 23 nitrogen and oxygen atoms in total. The number of piperidine rings is 4. The number of nitrogens with zero attached hydrogens (tertiary/aromatic N) is 11. The van der Waals surface area contributed by atoms with E-state index < -0.39 is 23.6 Å². The maximum absolute atomic E-state index is 16.0. The molecule has 4 aliphatic heterocycles. The summed E-state index contributed by atoms with van der Waals surface area (Å²) >= 11 is 3.01. The van der Waals surface area contributed by atoms with Gasteiger partial charge < -0.3 is 50.2 Å². The normalized spacial score (nSPS) is 16.5. The lowest BCUT2D eigenvalue weighted by Crippen LogP contribution is -2.49. The zero-order valence-electron chi connectivity index (χ0n) is 53.0. The molecule has 0 unspecified atom stereocenters. The molecule has 0 aliphatic carbocycles. The number of nitrogens with two attached hydrogens (primary N) is 1. The number of fused-ring (bicyclic) bond motifs is 2. The lowest BCUT2D eigenvalue weighted by Gasteiger charge is -2.40. The maximum Gasteiger partial charge on any atom is 0.325 e. The summed E-state index contributed by atoms with van der Waals surface area (Å²) in [6.07, 6.45) is 12.2. The molecule has 0 spiro atoms. The van der Waals surface area contributed by atoms with Gasteiger partial charge in [0.25, 0.3) is 0 Å². The zero-order chi connectivity index (χ0) is 65.7. The summed E-state index contributed by atoms with van der Waals surface area (Å²) in [7, 11) is 3.40. The largest absolute Gasteiger partial charge is 0.468 e. The van der Waals surface area contributed by atoms with Crippen molar-refractivity contribution in [3.63, 3.8) is 0 Å². The van der Waals surface area contributed by atoms with E-state index in [1.807, 2.05) is 15.9 Å². The molecule has 7 aromatic rings. The van der Waals surface area contributed by atoms with Crippen LogP contribution >= 0.6 is 23.3 Å². The highest BCUT2D eigenvalue weighted by atomic mass is 32.2. The fourth-order valence-corrected chi connectivity index (χ4v) is 14.6. The number of hydrogen-bond donors (Lipinski definition) is 4. The number of carbonyl (C=O) groups excluding carboxylic acids is 7. The van der Waals surface area contributed by atoms with E-state index in [0.29, 0.717) is 94.1 Å². The van der Waals surface area contributed by atoms with E-state index >= 15 is 8.78 Å². The Morgan fingerprint density at radius 3 is 2.16 bits per heavy atom. The summed E-state index contributed by atoms with van der Waals surface area (Å²) in [5.41, 5.74) is 10.2. The number of halogens is 2. The number of rotatable bonds is 21. The molecule has 0 saturated carbocycles. The Morgan fingerprint density at radius 2 is 1.47 bits per heavy atom. The molecule has 11 rings (SSSR count). The van der Waals surface area contributed by atoms with Crippen LogP contribution in [0.4, 0.5) is 20.4 Å². The van der Waals surface area contributed by atoms with Crippen molar-refractivity contribution >= 4 is 98.5 Å². The molecular formula is C66H81F2N15O8S2. The molecule has 4 aliphatic rings. The minimum Gasteiger partial charge on any atom is -0.468 e. The van der Waals surface area contributed by atoms with Crippen molar-refractivity contribution in [1.82, 2.24) is 64.7 Å². The number of nitrogen functional groups attached to an aromatic ring is 1. The fraction of sp³-hybridized carbons (Fsp3) is 0.485. The van der Waals surface area contributed by atoms with Crippen LogP contribution in [0.25, 0.3) is 54.8 Å². The van der Waals surface area contributed by atoms with Crippen molar-refractivity contribution in [2.75, 3.05) is 102 Å². The molecule has 3 aromatic carbocycles. The van der Waals surface area contributed by atoms with Gasteiger partial charge in [-0.3, -0.25) is 33.4 Å². The van der Waals surface area contributed by atoms with Crippen LogP contribution in [0.5, 0.6) is 0 Å². The highest BCUT2D eigenvalue weighted by Crippen LogP contribution is 2.44. The van der Waals surface area contributed by atoms with E-state index in [4.69, 9.17) is 10.7 Å². The summed E-state index contributed by atoms with van der Waals surface area (Å²) in [5.74, 6) is -0.399. The van der Waals surface area contributed by atoms with E-state index in [-0.39, 0.29) is 79.4 Å². The first kappa shape index (κ1) is 67.6. The Kier molecular flexibility index (Phi) is 23.0. The topological polar surface area (TPSA) is 278 Å². The summed E-state index contributed by atoms with van der Waals surface area (Å²) in [6, 6.07) is 15.1. The Morgan fingerprint density at radius 1 is 0.796 bits per heavy atom. The summed E-state index contributed by atoms with van der Waals surface area (Å²) in [6.45, 7) is 11.2. The molecule has 4 fully saturated rings. The number of amides is 4. The van der Waals surface area contributed by atoms with Gasteiger partial charge in [-0.15, -0.1) is 11.3 Å². The first-order valence-electron chi connectivity index (χ1n) is 32.0. The molecule has 27 heteroatoms. The number of carbonyl (C=O) groups is 7. The number of esters is 1. The number of methoxy groups -OCH3 is 1. The van der Waals surface area contributed by atoms with E-state index in [1.54, 1.807) is 49.5 Å². The fourth-order valence-electron chi connectivity index (χ4n) is 12.8. The highest BCUT2D eigenvalue weighted by Gasteiger charge is 2.37. The predicted octanol–water partition coefficient (Wildman–Crippen LogP) is 7.98. The SMILES string of the molecule is CCCSNc1cccc(-c2nc(C3CCN(C(=O)C4CCN(C(=O)C5CCN(CC6CCN(C)CC6)CC5)CC4)CC3)sc2-c2ccnc(N)n2)c1F.COC(=O)CNC(=O)CNC(=O)Cn1nc(C)c2c(-c3cc4c(cnn4C(=O)CCC=O)cc3F)cccc21. The van der Waals surface area contributed by atoms with Crippen molar-refractivity contribution < 1.29 is 47.1 Å². The second-order valence-corrected chi connectivity index (χ2v) is 26.2. The van der Waals surface area contributed by atoms with Crippen LogP contribution in [0.15, 0.2) is 67.0 Å². The number of thiazole rings is 1. The third-order valence-electron chi connectivity index (χ3n) is 17.9. The summed E-state index contributed by atoms with van der Waals surface area (Å²) in [4.78, 5) is 109. The van der Waals surface area contributed by atoms with Gasteiger partial charge in [0.05, 0.1) is 63.5 Å². The van der Waals surface area contributed by atoms with E-state index in [9.17, 15) is 33.6 Å². The molecule has 0 radical (unpaired) electrons. The van der Waals surface area contributed by atoms with Crippen LogP contribution in [0, 0.1) is 36.3 Å². The monoisotopic (exact) mass is 1310 g/mol. The van der Waals surface area contributed by atoms with Crippen molar-refractivity contribution in [2.45, 2.75) is 96.9 Å². The third-order valence-corrected chi connectivity index (χ3v) is 20.1. The van der Waals surface area contributed by atoms with Gasteiger partial charge in [-0.1, -0.05) is 37.1 Å².